The van der Waals surface area contributed by atoms with Crippen LogP contribution in [0.25, 0.3) is 0 Å². The third kappa shape index (κ3) is 3.42. The summed E-state index contributed by atoms with van der Waals surface area (Å²) in [5, 5.41) is 11.6. The Kier molecular flexibility index (Phi) is 3.97. The lowest BCUT2D eigenvalue weighted by molar-refractivity contribution is 0.0697. The molecule has 4 nitrogen and oxygen atoms in total. The number of carboxylic acid groups (broad SMARTS) is 1. The monoisotopic (exact) mass is 319 g/mol. The van der Waals surface area contributed by atoms with Crippen molar-refractivity contribution in [1.82, 2.24) is 0 Å². The summed E-state index contributed by atoms with van der Waals surface area (Å²) in [7, 11) is 0. The van der Waals surface area contributed by atoms with Crippen LogP contribution in [0.2, 0.25) is 0 Å². The third-order valence-electron chi connectivity index (χ3n) is 2.45. The molecule has 0 spiro atoms. The molecule has 0 saturated heterocycles. The molecular formula is C14H10BrNO3. The molecule has 96 valence electrons. The van der Waals surface area contributed by atoms with Crippen molar-refractivity contribution in [2.75, 3.05) is 5.32 Å². The van der Waals surface area contributed by atoms with Crippen LogP contribution in [0, 0.1) is 0 Å². The molecule has 0 bridgehead atoms. The quantitative estimate of drug-likeness (QED) is 0.911. The molecule has 2 N–H and O–H groups in total. The molecule has 2 rings (SSSR count). The van der Waals surface area contributed by atoms with Gasteiger partial charge in [0.15, 0.2) is 0 Å². The first kappa shape index (κ1) is 13.3. The van der Waals surface area contributed by atoms with Crippen molar-refractivity contribution in [2.24, 2.45) is 0 Å². The fourth-order valence-electron chi connectivity index (χ4n) is 1.56. The molecule has 0 atom stereocenters. The van der Waals surface area contributed by atoms with E-state index in [1.165, 1.54) is 12.1 Å². The minimum Gasteiger partial charge on any atom is -0.478 e. The van der Waals surface area contributed by atoms with Crippen LogP contribution in [-0.4, -0.2) is 17.0 Å². The van der Waals surface area contributed by atoms with Crippen molar-refractivity contribution in [3.63, 3.8) is 0 Å². The maximum atomic E-state index is 12.0. The van der Waals surface area contributed by atoms with E-state index in [9.17, 15) is 9.59 Å². The van der Waals surface area contributed by atoms with Crippen LogP contribution in [-0.2, 0) is 0 Å². The van der Waals surface area contributed by atoms with Gasteiger partial charge in [0, 0.05) is 15.7 Å². The lowest BCUT2D eigenvalue weighted by atomic mass is 10.1. The molecule has 2 aromatic rings. The first-order valence-corrected chi connectivity index (χ1v) is 6.26. The predicted octanol–water partition coefficient (Wildman–Crippen LogP) is 3.40. The lowest BCUT2D eigenvalue weighted by Gasteiger charge is -2.06. The predicted molar refractivity (Wildman–Crippen MR) is 75.5 cm³/mol. The summed E-state index contributed by atoms with van der Waals surface area (Å²) in [5.74, 6) is -1.40. The summed E-state index contributed by atoms with van der Waals surface area (Å²) < 4.78 is 0.851. The molecule has 0 radical (unpaired) electrons. The number of rotatable bonds is 3. The maximum absolute atomic E-state index is 12.0. The number of nitrogens with one attached hydrogen (secondary N) is 1. The van der Waals surface area contributed by atoms with Gasteiger partial charge in [-0.25, -0.2) is 4.79 Å². The second kappa shape index (κ2) is 5.67. The molecular weight excluding hydrogens is 310 g/mol. The number of aromatic carboxylic acids is 1. The van der Waals surface area contributed by atoms with E-state index in [0.717, 1.165) is 4.47 Å². The molecule has 0 heterocycles. The topological polar surface area (TPSA) is 66.4 Å². The van der Waals surface area contributed by atoms with Crippen molar-refractivity contribution < 1.29 is 14.7 Å². The maximum Gasteiger partial charge on any atom is 0.335 e. The van der Waals surface area contributed by atoms with Gasteiger partial charge >= 0.3 is 5.97 Å². The standard InChI is InChI=1S/C14H10BrNO3/c15-11-5-2-6-12(8-11)16-13(17)9-3-1-4-10(7-9)14(18)19/h1-8H,(H,16,17)(H,18,19). The zero-order valence-corrected chi connectivity index (χ0v) is 11.3. The second-order valence-electron chi connectivity index (χ2n) is 3.85. The average molecular weight is 320 g/mol. The van der Waals surface area contributed by atoms with Crippen LogP contribution < -0.4 is 5.32 Å². The van der Waals surface area contributed by atoms with Gasteiger partial charge in [-0.1, -0.05) is 28.1 Å². The highest BCUT2D eigenvalue weighted by atomic mass is 79.9. The summed E-state index contributed by atoms with van der Waals surface area (Å²) in [6, 6.07) is 13.1. The Morgan fingerprint density at radius 2 is 1.68 bits per heavy atom. The molecule has 0 aromatic heterocycles. The Balaban J connectivity index is 2.20. The largest absolute Gasteiger partial charge is 0.478 e. The highest BCUT2D eigenvalue weighted by Crippen LogP contribution is 2.16. The van der Waals surface area contributed by atoms with Gasteiger partial charge in [-0.3, -0.25) is 4.79 Å². The summed E-state index contributed by atoms with van der Waals surface area (Å²) in [6.45, 7) is 0. The van der Waals surface area contributed by atoms with Crippen molar-refractivity contribution >= 4 is 33.5 Å². The summed E-state index contributed by atoms with van der Waals surface area (Å²) in [5.41, 5.74) is 1.03. The number of halogens is 1. The van der Waals surface area contributed by atoms with Gasteiger partial charge in [-0.05, 0) is 36.4 Å². The third-order valence-corrected chi connectivity index (χ3v) is 2.95. The molecule has 0 fully saturated rings. The van der Waals surface area contributed by atoms with E-state index in [1.807, 2.05) is 6.07 Å². The highest BCUT2D eigenvalue weighted by molar-refractivity contribution is 9.10. The fourth-order valence-corrected chi connectivity index (χ4v) is 1.96. The number of amides is 1. The summed E-state index contributed by atoms with van der Waals surface area (Å²) >= 11 is 3.31. The summed E-state index contributed by atoms with van der Waals surface area (Å²) in [4.78, 5) is 22.8. The van der Waals surface area contributed by atoms with E-state index < -0.39 is 5.97 Å². The van der Waals surface area contributed by atoms with Gasteiger partial charge < -0.3 is 10.4 Å². The van der Waals surface area contributed by atoms with E-state index in [0.29, 0.717) is 11.3 Å². The first-order chi connectivity index (χ1) is 9.06. The Labute approximate surface area is 118 Å². The van der Waals surface area contributed by atoms with Gasteiger partial charge in [0.05, 0.1) is 5.56 Å². The molecule has 0 unspecified atom stereocenters. The van der Waals surface area contributed by atoms with E-state index in [2.05, 4.69) is 21.2 Å². The van der Waals surface area contributed by atoms with Crippen molar-refractivity contribution in [3.05, 3.63) is 64.1 Å². The number of carboxylic acids is 1. The number of carbonyl (C=O) groups excluding carboxylic acids is 1. The number of carbonyl (C=O) groups is 2. The summed E-state index contributed by atoms with van der Waals surface area (Å²) in [6.07, 6.45) is 0. The van der Waals surface area contributed by atoms with Crippen LogP contribution >= 0.6 is 15.9 Å². The molecule has 0 aliphatic rings. The Morgan fingerprint density at radius 3 is 2.37 bits per heavy atom. The molecule has 1 amide bonds. The first-order valence-electron chi connectivity index (χ1n) is 5.46. The SMILES string of the molecule is O=C(O)c1cccc(C(=O)Nc2cccc(Br)c2)c1. The van der Waals surface area contributed by atoms with Gasteiger partial charge in [-0.15, -0.1) is 0 Å². The van der Waals surface area contributed by atoms with E-state index in [-0.39, 0.29) is 11.5 Å². The van der Waals surface area contributed by atoms with Gasteiger partial charge in [0.25, 0.3) is 5.91 Å². The van der Waals surface area contributed by atoms with Crippen LogP contribution in [0.3, 0.4) is 0 Å². The minimum atomic E-state index is -1.06. The Bertz CT molecular complexity index is 640. The molecule has 0 aliphatic heterocycles. The van der Waals surface area contributed by atoms with Crippen LogP contribution in [0.1, 0.15) is 20.7 Å². The van der Waals surface area contributed by atoms with Crippen molar-refractivity contribution in [1.29, 1.82) is 0 Å². The van der Waals surface area contributed by atoms with E-state index in [1.54, 1.807) is 30.3 Å². The van der Waals surface area contributed by atoms with Crippen LogP contribution in [0.5, 0.6) is 0 Å². The van der Waals surface area contributed by atoms with Gasteiger partial charge in [-0.2, -0.15) is 0 Å². The normalized spacial score (nSPS) is 9.95. The zero-order valence-electron chi connectivity index (χ0n) is 9.76. The molecule has 0 aliphatic carbocycles. The van der Waals surface area contributed by atoms with Crippen LogP contribution in [0.4, 0.5) is 5.69 Å². The van der Waals surface area contributed by atoms with Crippen molar-refractivity contribution in [2.45, 2.75) is 0 Å². The van der Waals surface area contributed by atoms with Gasteiger partial charge in [0.1, 0.15) is 0 Å². The van der Waals surface area contributed by atoms with Gasteiger partial charge in [0.2, 0.25) is 0 Å². The zero-order chi connectivity index (χ0) is 13.8. The smallest absolute Gasteiger partial charge is 0.335 e. The number of hydrogen-bond acceptors (Lipinski definition) is 2. The molecule has 0 saturated carbocycles. The fraction of sp³-hybridized carbons (Fsp3) is 0. The Morgan fingerprint density at radius 1 is 1.00 bits per heavy atom. The average Bonchev–Trinajstić information content (AvgIpc) is 2.39. The lowest BCUT2D eigenvalue weighted by Crippen LogP contribution is -2.12. The van der Waals surface area contributed by atoms with E-state index >= 15 is 0 Å². The van der Waals surface area contributed by atoms with Crippen LogP contribution in [0.15, 0.2) is 53.0 Å². The number of hydrogen-bond donors (Lipinski definition) is 2. The molecule has 2 aromatic carbocycles. The van der Waals surface area contributed by atoms with E-state index in [4.69, 9.17) is 5.11 Å². The second-order valence-corrected chi connectivity index (χ2v) is 4.77. The molecule has 19 heavy (non-hydrogen) atoms. The minimum absolute atomic E-state index is 0.0851. The van der Waals surface area contributed by atoms with Crippen molar-refractivity contribution in [3.8, 4) is 0 Å². The number of anilines is 1. The highest BCUT2D eigenvalue weighted by Gasteiger charge is 2.09. The molecule has 5 heteroatoms. The number of benzene rings is 2. The Hall–Kier alpha value is -2.14.